The van der Waals surface area contributed by atoms with Gasteiger partial charge in [-0.2, -0.15) is 0 Å². The summed E-state index contributed by atoms with van der Waals surface area (Å²) in [6.07, 6.45) is 5.27. The summed E-state index contributed by atoms with van der Waals surface area (Å²) in [6.45, 7) is 2.69. The highest BCUT2D eigenvalue weighted by Crippen LogP contribution is 2.23. The Morgan fingerprint density at radius 3 is 2.81 bits per heavy atom. The van der Waals surface area contributed by atoms with Gasteiger partial charge in [0, 0.05) is 32.0 Å². The molecule has 2 aromatic heterocycles. The van der Waals surface area contributed by atoms with E-state index < -0.39 is 0 Å². The Bertz CT molecular complexity index is 870. The fourth-order valence-electron chi connectivity index (χ4n) is 3.21. The minimum atomic E-state index is -0.0975. The van der Waals surface area contributed by atoms with Crippen molar-refractivity contribution in [1.82, 2.24) is 30.2 Å². The van der Waals surface area contributed by atoms with E-state index in [2.05, 4.69) is 20.6 Å². The third-order valence-corrected chi connectivity index (χ3v) is 4.52. The monoisotopic (exact) mass is 384 g/mol. The molecule has 0 spiro atoms. The van der Waals surface area contributed by atoms with Crippen LogP contribution in [0.5, 0.6) is 0 Å². The number of nitrogens with zero attached hydrogens (tertiary/aromatic N) is 5. The Balaban J connectivity index is 0.00000210. The summed E-state index contributed by atoms with van der Waals surface area (Å²) in [5, 5.41) is 11.6. The molecule has 7 nitrogen and oxygen atoms in total. The smallest absolute Gasteiger partial charge is 0.276 e. The normalized spacial score (nSPS) is 16.6. The van der Waals surface area contributed by atoms with Gasteiger partial charge in [-0.05, 0) is 17.2 Å². The lowest BCUT2D eigenvalue weighted by molar-refractivity contribution is 0.0627. The molecule has 0 aliphatic carbocycles. The Kier molecular flexibility index (Phi) is 6.16. The fourth-order valence-corrected chi connectivity index (χ4v) is 3.21. The van der Waals surface area contributed by atoms with Crippen LogP contribution in [0.2, 0.25) is 0 Å². The van der Waals surface area contributed by atoms with Crippen LogP contribution in [-0.2, 0) is 6.54 Å². The van der Waals surface area contributed by atoms with E-state index in [9.17, 15) is 4.79 Å². The van der Waals surface area contributed by atoms with Crippen LogP contribution >= 0.6 is 12.4 Å². The summed E-state index contributed by atoms with van der Waals surface area (Å²) >= 11 is 0. The molecule has 1 fully saturated rings. The topological polar surface area (TPSA) is 75.9 Å². The first-order valence-corrected chi connectivity index (χ1v) is 8.67. The molecule has 1 aromatic carbocycles. The summed E-state index contributed by atoms with van der Waals surface area (Å²) in [5.41, 5.74) is 2.51. The average molecular weight is 385 g/mol. The second-order valence-corrected chi connectivity index (χ2v) is 6.29. The van der Waals surface area contributed by atoms with E-state index in [1.807, 2.05) is 53.6 Å². The van der Waals surface area contributed by atoms with Gasteiger partial charge in [-0.15, -0.1) is 17.5 Å². The largest absolute Gasteiger partial charge is 0.328 e. The SMILES string of the molecule is Cl.O=C(c1cn(Cc2ccccc2)nn1)N1CCNCC1c1cccnc1. The maximum atomic E-state index is 13.0. The Hall–Kier alpha value is -2.77. The van der Waals surface area contributed by atoms with Crippen molar-refractivity contribution in [2.75, 3.05) is 19.6 Å². The second-order valence-electron chi connectivity index (χ2n) is 6.29. The van der Waals surface area contributed by atoms with E-state index in [1.54, 1.807) is 17.1 Å². The molecule has 4 rings (SSSR count). The van der Waals surface area contributed by atoms with Crippen molar-refractivity contribution in [2.24, 2.45) is 0 Å². The van der Waals surface area contributed by atoms with E-state index in [4.69, 9.17) is 0 Å². The molecule has 1 atom stereocenters. The standard InChI is InChI=1S/C19H20N6O.ClH/c26-19(17-14-24(23-22-17)13-15-5-2-1-3-6-15)25-10-9-21-12-18(25)16-7-4-8-20-11-16;/h1-8,11,14,18,21H,9-10,12-13H2;1H. The molecule has 1 aliphatic rings. The van der Waals surface area contributed by atoms with Gasteiger partial charge >= 0.3 is 0 Å². The summed E-state index contributed by atoms with van der Waals surface area (Å²) in [6, 6.07) is 13.8. The Morgan fingerprint density at radius 1 is 1.19 bits per heavy atom. The Labute approximate surface area is 163 Å². The lowest BCUT2D eigenvalue weighted by Crippen LogP contribution is -2.48. The van der Waals surface area contributed by atoms with E-state index >= 15 is 0 Å². The van der Waals surface area contributed by atoms with Crippen LogP contribution in [0.4, 0.5) is 0 Å². The maximum Gasteiger partial charge on any atom is 0.276 e. The molecule has 1 N–H and O–H groups in total. The summed E-state index contributed by atoms with van der Waals surface area (Å²) in [7, 11) is 0. The molecule has 1 amide bonds. The molecule has 1 aliphatic heterocycles. The molecular formula is C19H21ClN6O. The molecule has 27 heavy (non-hydrogen) atoms. The molecule has 3 heterocycles. The molecule has 0 saturated carbocycles. The number of pyridine rings is 1. The summed E-state index contributed by atoms with van der Waals surface area (Å²) in [4.78, 5) is 19.0. The number of carbonyl (C=O) groups excluding carboxylic acids is 1. The van der Waals surface area contributed by atoms with Gasteiger partial charge in [0.15, 0.2) is 5.69 Å². The van der Waals surface area contributed by atoms with Crippen LogP contribution in [0, 0.1) is 0 Å². The maximum absolute atomic E-state index is 13.0. The minimum Gasteiger partial charge on any atom is -0.328 e. The van der Waals surface area contributed by atoms with Gasteiger partial charge in [0.05, 0.1) is 18.8 Å². The molecule has 140 valence electrons. The highest BCUT2D eigenvalue weighted by atomic mass is 35.5. The molecule has 8 heteroatoms. The van der Waals surface area contributed by atoms with Crippen LogP contribution in [0.1, 0.15) is 27.7 Å². The number of hydrogen-bond donors (Lipinski definition) is 1. The number of piperazine rings is 1. The number of halogens is 1. The Morgan fingerprint density at radius 2 is 2.04 bits per heavy atom. The van der Waals surface area contributed by atoms with E-state index in [1.165, 1.54) is 0 Å². The predicted molar refractivity (Wildman–Crippen MR) is 104 cm³/mol. The van der Waals surface area contributed by atoms with Crippen LogP contribution in [0.15, 0.2) is 61.1 Å². The second kappa shape index (κ2) is 8.75. The van der Waals surface area contributed by atoms with Crippen molar-refractivity contribution in [3.63, 3.8) is 0 Å². The first-order chi connectivity index (χ1) is 12.8. The van der Waals surface area contributed by atoms with Crippen LogP contribution in [-0.4, -0.2) is 50.4 Å². The zero-order chi connectivity index (χ0) is 17.8. The van der Waals surface area contributed by atoms with Crippen LogP contribution < -0.4 is 5.32 Å². The quantitative estimate of drug-likeness (QED) is 0.743. The molecular weight excluding hydrogens is 364 g/mol. The van der Waals surface area contributed by atoms with Gasteiger partial charge in [0.1, 0.15) is 0 Å². The van der Waals surface area contributed by atoms with E-state index in [-0.39, 0.29) is 24.4 Å². The average Bonchev–Trinajstić information content (AvgIpc) is 3.17. The summed E-state index contributed by atoms with van der Waals surface area (Å²) in [5.74, 6) is -0.0975. The van der Waals surface area contributed by atoms with Crippen molar-refractivity contribution in [2.45, 2.75) is 12.6 Å². The third kappa shape index (κ3) is 4.32. The van der Waals surface area contributed by atoms with Crippen LogP contribution in [0.3, 0.4) is 0 Å². The zero-order valence-electron chi connectivity index (χ0n) is 14.7. The van der Waals surface area contributed by atoms with Gasteiger partial charge in [-0.3, -0.25) is 9.78 Å². The van der Waals surface area contributed by atoms with E-state index in [0.29, 0.717) is 25.3 Å². The number of benzene rings is 1. The summed E-state index contributed by atoms with van der Waals surface area (Å²) < 4.78 is 1.70. The number of hydrogen-bond acceptors (Lipinski definition) is 5. The molecule has 0 bridgehead atoms. The van der Waals surface area contributed by atoms with Gasteiger partial charge in [0.2, 0.25) is 0 Å². The highest BCUT2D eigenvalue weighted by molar-refractivity contribution is 5.92. The van der Waals surface area contributed by atoms with Gasteiger partial charge < -0.3 is 10.2 Å². The zero-order valence-corrected chi connectivity index (χ0v) is 15.5. The fraction of sp³-hybridized carbons (Fsp3) is 0.263. The number of carbonyl (C=O) groups is 1. The molecule has 3 aromatic rings. The van der Waals surface area contributed by atoms with Gasteiger partial charge in [-0.25, -0.2) is 4.68 Å². The van der Waals surface area contributed by atoms with Crippen molar-refractivity contribution >= 4 is 18.3 Å². The van der Waals surface area contributed by atoms with E-state index in [0.717, 1.165) is 17.7 Å². The van der Waals surface area contributed by atoms with Crippen molar-refractivity contribution < 1.29 is 4.79 Å². The van der Waals surface area contributed by atoms with Gasteiger partial charge in [0.25, 0.3) is 5.91 Å². The predicted octanol–water partition coefficient (Wildman–Crippen LogP) is 1.93. The van der Waals surface area contributed by atoms with Crippen LogP contribution in [0.25, 0.3) is 0 Å². The van der Waals surface area contributed by atoms with Crippen molar-refractivity contribution in [3.05, 3.63) is 77.9 Å². The molecule has 0 radical (unpaired) electrons. The number of amides is 1. The number of aromatic nitrogens is 4. The lowest BCUT2D eigenvalue weighted by atomic mass is 10.0. The molecule has 1 unspecified atom stereocenters. The van der Waals surface area contributed by atoms with Crippen molar-refractivity contribution in [3.8, 4) is 0 Å². The highest BCUT2D eigenvalue weighted by Gasteiger charge is 2.30. The first kappa shape index (κ1) is 19.0. The first-order valence-electron chi connectivity index (χ1n) is 8.67. The lowest BCUT2D eigenvalue weighted by Gasteiger charge is -2.35. The molecule has 1 saturated heterocycles. The number of nitrogens with one attached hydrogen (secondary N) is 1. The number of rotatable bonds is 4. The third-order valence-electron chi connectivity index (χ3n) is 4.52. The van der Waals surface area contributed by atoms with Gasteiger partial charge in [-0.1, -0.05) is 41.6 Å². The van der Waals surface area contributed by atoms with Crippen molar-refractivity contribution in [1.29, 1.82) is 0 Å². The minimum absolute atomic E-state index is 0.